The van der Waals surface area contributed by atoms with Crippen LogP contribution in [-0.2, 0) is 11.2 Å². The average molecular weight is 365 g/mol. The molecule has 0 bridgehead atoms. The standard InChI is InChI=1S/C18H21ClN2O4/c1-12-14-4-3-13(20(2)18(19)23)11-16(14)25-17(22)15(12)5-6-21-7-9-24-10-8-21/h3-4,11H,5-10H2,1-2H3. The summed E-state index contributed by atoms with van der Waals surface area (Å²) in [6, 6.07) is 5.31. The lowest BCUT2D eigenvalue weighted by atomic mass is 10.0. The van der Waals surface area contributed by atoms with E-state index in [9.17, 15) is 9.59 Å². The van der Waals surface area contributed by atoms with Gasteiger partial charge in [-0.15, -0.1) is 0 Å². The van der Waals surface area contributed by atoms with Gasteiger partial charge in [-0.05, 0) is 42.6 Å². The molecule has 0 unspecified atom stereocenters. The Morgan fingerprint density at radius 2 is 2.04 bits per heavy atom. The number of hydrogen-bond acceptors (Lipinski definition) is 5. The van der Waals surface area contributed by atoms with Crippen LogP contribution in [0.1, 0.15) is 11.1 Å². The van der Waals surface area contributed by atoms with E-state index >= 15 is 0 Å². The van der Waals surface area contributed by atoms with Gasteiger partial charge in [0.15, 0.2) is 0 Å². The van der Waals surface area contributed by atoms with E-state index in [1.165, 1.54) is 4.90 Å². The zero-order valence-corrected chi connectivity index (χ0v) is 15.1. The van der Waals surface area contributed by atoms with Gasteiger partial charge < -0.3 is 14.1 Å². The number of rotatable bonds is 4. The smallest absolute Gasteiger partial charge is 0.339 e. The largest absolute Gasteiger partial charge is 0.422 e. The first kappa shape index (κ1) is 17.9. The predicted octanol–water partition coefficient (Wildman–Crippen LogP) is 2.77. The molecule has 25 heavy (non-hydrogen) atoms. The SMILES string of the molecule is Cc1c(CCN2CCOCC2)c(=O)oc2cc(N(C)C(=O)Cl)ccc12. The van der Waals surface area contributed by atoms with Gasteiger partial charge in [0.1, 0.15) is 5.58 Å². The first-order valence-corrected chi connectivity index (χ1v) is 8.65. The topological polar surface area (TPSA) is 63.0 Å². The van der Waals surface area contributed by atoms with Crippen molar-refractivity contribution < 1.29 is 13.9 Å². The maximum atomic E-state index is 12.4. The Balaban J connectivity index is 1.89. The number of fused-ring (bicyclic) bond motifs is 1. The summed E-state index contributed by atoms with van der Waals surface area (Å²) in [5, 5.41) is 0.274. The van der Waals surface area contributed by atoms with Crippen LogP contribution in [0.25, 0.3) is 11.0 Å². The molecule has 1 fully saturated rings. The quantitative estimate of drug-likeness (QED) is 0.474. The van der Waals surface area contributed by atoms with Crippen molar-refractivity contribution in [3.8, 4) is 0 Å². The molecular weight excluding hydrogens is 344 g/mol. The van der Waals surface area contributed by atoms with Gasteiger partial charge >= 0.3 is 11.0 Å². The molecule has 1 aliphatic rings. The van der Waals surface area contributed by atoms with Crippen molar-refractivity contribution in [3.63, 3.8) is 0 Å². The molecule has 7 heteroatoms. The fourth-order valence-corrected chi connectivity index (χ4v) is 3.17. The number of carbonyl (C=O) groups excluding carboxylic acids is 1. The summed E-state index contributed by atoms with van der Waals surface area (Å²) in [6.07, 6.45) is 0.645. The Kier molecular flexibility index (Phi) is 5.42. The van der Waals surface area contributed by atoms with E-state index in [0.29, 0.717) is 23.3 Å². The molecule has 2 aromatic rings. The van der Waals surface area contributed by atoms with Crippen molar-refractivity contribution in [2.24, 2.45) is 0 Å². The fraction of sp³-hybridized carbons (Fsp3) is 0.444. The van der Waals surface area contributed by atoms with E-state index in [1.54, 1.807) is 19.2 Å². The maximum absolute atomic E-state index is 12.4. The third-order valence-electron chi connectivity index (χ3n) is 4.70. The molecular formula is C18H21ClN2O4. The molecule has 1 aromatic heterocycles. The Morgan fingerprint density at radius 1 is 1.32 bits per heavy atom. The minimum atomic E-state index is -0.597. The number of morpholine rings is 1. The van der Waals surface area contributed by atoms with Crippen LogP contribution in [0.5, 0.6) is 0 Å². The molecule has 1 aliphatic heterocycles. The molecule has 2 heterocycles. The molecule has 6 nitrogen and oxygen atoms in total. The summed E-state index contributed by atoms with van der Waals surface area (Å²) in [5.41, 5.74) is 2.34. The highest BCUT2D eigenvalue weighted by Gasteiger charge is 2.16. The summed E-state index contributed by atoms with van der Waals surface area (Å²) >= 11 is 5.50. The highest BCUT2D eigenvalue weighted by atomic mass is 35.5. The van der Waals surface area contributed by atoms with Gasteiger partial charge in [-0.3, -0.25) is 9.69 Å². The minimum absolute atomic E-state index is 0.324. The zero-order valence-electron chi connectivity index (χ0n) is 14.4. The maximum Gasteiger partial charge on any atom is 0.339 e. The van der Waals surface area contributed by atoms with E-state index in [4.69, 9.17) is 20.8 Å². The molecule has 0 spiro atoms. The van der Waals surface area contributed by atoms with E-state index in [2.05, 4.69) is 4.90 Å². The van der Waals surface area contributed by atoms with Gasteiger partial charge in [0.25, 0.3) is 0 Å². The van der Waals surface area contributed by atoms with Crippen LogP contribution in [-0.4, -0.2) is 50.2 Å². The van der Waals surface area contributed by atoms with Crippen LogP contribution in [0.4, 0.5) is 10.5 Å². The molecule has 0 aliphatic carbocycles. The second-order valence-electron chi connectivity index (χ2n) is 6.19. The fourth-order valence-electron chi connectivity index (χ4n) is 3.08. The zero-order chi connectivity index (χ0) is 18.0. The molecule has 1 amide bonds. The highest BCUT2D eigenvalue weighted by Crippen LogP contribution is 2.25. The summed E-state index contributed by atoms with van der Waals surface area (Å²) in [5.74, 6) is 0. The van der Waals surface area contributed by atoms with Crippen molar-refractivity contribution in [3.05, 3.63) is 39.7 Å². The van der Waals surface area contributed by atoms with Gasteiger partial charge in [0.05, 0.1) is 13.2 Å². The van der Waals surface area contributed by atoms with Crippen molar-refractivity contribution in [2.45, 2.75) is 13.3 Å². The molecule has 134 valence electrons. The summed E-state index contributed by atoms with van der Waals surface area (Å²) < 4.78 is 10.8. The number of hydrogen-bond donors (Lipinski definition) is 0. The number of nitrogens with zero attached hydrogens (tertiary/aromatic N) is 2. The van der Waals surface area contributed by atoms with Crippen LogP contribution in [0.15, 0.2) is 27.4 Å². The Labute approximate surface area is 150 Å². The molecule has 0 saturated carbocycles. The first-order chi connectivity index (χ1) is 12.0. The molecule has 1 saturated heterocycles. The van der Waals surface area contributed by atoms with Crippen molar-refractivity contribution in [1.29, 1.82) is 0 Å². The Bertz CT molecular complexity index is 843. The van der Waals surface area contributed by atoms with E-state index < -0.39 is 5.37 Å². The predicted molar refractivity (Wildman–Crippen MR) is 97.8 cm³/mol. The van der Waals surface area contributed by atoms with Crippen LogP contribution in [0.2, 0.25) is 0 Å². The van der Waals surface area contributed by atoms with E-state index in [0.717, 1.165) is 43.8 Å². The van der Waals surface area contributed by atoms with Crippen LogP contribution in [0, 0.1) is 6.92 Å². The molecule has 0 radical (unpaired) electrons. The summed E-state index contributed by atoms with van der Waals surface area (Å²) in [7, 11) is 1.57. The minimum Gasteiger partial charge on any atom is -0.422 e. The second-order valence-corrected chi connectivity index (χ2v) is 6.51. The average Bonchev–Trinajstić information content (AvgIpc) is 2.61. The third-order valence-corrected chi connectivity index (χ3v) is 4.96. The second kappa shape index (κ2) is 7.56. The summed E-state index contributed by atoms with van der Waals surface area (Å²) in [6.45, 7) is 5.99. The van der Waals surface area contributed by atoms with Gasteiger partial charge in [0, 0.05) is 49.4 Å². The van der Waals surface area contributed by atoms with E-state index in [-0.39, 0.29) is 5.63 Å². The summed E-state index contributed by atoms with van der Waals surface area (Å²) in [4.78, 5) is 27.3. The first-order valence-electron chi connectivity index (χ1n) is 8.27. The monoisotopic (exact) mass is 364 g/mol. The highest BCUT2D eigenvalue weighted by molar-refractivity contribution is 6.66. The number of aryl methyl sites for hydroxylation is 1. The third kappa shape index (κ3) is 3.86. The molecule has 3 rings (SSSR count). The molecule has 0 N–H and O–H groups in total. The van der Waals surface area contributed by atoms with Crippen molar-refractivity contribution in [1.82, 2.24) is 4.90 Å². The van der Waals surface area contributed by atoms with E-state index in [1.807, 2.05) is 13.0 Å². The van der Waals surface area contributed by atoms with Gasteiger partial charge in [-0.25, -0.2) is 4.79 Å². The van der Waals surface area contributed by atoms with Gasteiger partial charge in [-0.2, -0.15) is 0 Å². The Morgan fingerprint density at radius 3 is 2.72 bits per heavy atom. The Hall–Kier alpha value is -1.89. The van der Waals surface area contributed by atoms with Crippen LogP contribution in [0.3, 0.4) is 0 Å². The van der Waals surface area contributed by atoms with Gasteiger partial charge in [0.2, 0.25) is 0 Å². The molecule has 0 atom stereocenters. The number of benzene rings is 1. The van der Waals surface area contributed by atoms with Crippen LogP contribution >= 0.6 is 11.6 Å². The van der Waals surface area contributed by atoms with Crippen molar-refractivity contribution >= 4 is 33.6 Å². The van der Waals surface area contributed by atoms with Gasteiger partial charge in [-0.1, -0.05) is 0 Å². The molecule has 1 aromatic carbocycles. The number of ether oxygens (including phenoxy) is 1. The van der Waals surface area contributed by atoms with Crippen molar-refractivity contribution in [2.75, 3.05) is 44.8 Å². The lowest BCUT2D eigenvalue weighted by Crippen LogP contribution is -2.38. The lowest BCUT2D eigenvalue weighted by Gasteiger charge is -2.26. The number of amides is 1. The lowest BCUT2D eigenvalue weighted by molar-refractivity contribution is 0.0383. The van der Waals surface area contributed by atoms with Crippen LogP contribution < -0.4 is 10.5 Å². The number of halogens is 1. The normalized spacial score (nSPS) is 15.5. The number of anilines is 1. The number of carbonyl (C=O) groups is 1.